The molecular weight excluding hydrogens is 366 g/mol. The predicted molar refractivity (Wildman–Crippen MR) is 104 cm³/mol. The molecule has 1 heterocycles. The molecule has 7 nitrogen and oxygen atoms in total. The van der Waals surface area contributed by atoms with Crippen LogP contribution in [0.4, 0.5) is 0 Å². The highest BCUT2D eigenvalue weighted by Crippen LogP contribution is 2.21. The molecule has 1 atom stereocenters. The first-order valence-corrected chi connectivity index (χ1v) is 10.2. The molecule has 0 radical (unpaired) electrons. The van der Waals surface area contributed by atoms with Crippen molar-refractivity contribution in [1.29, 1.82) is 0 Å². The summed E-state index contributed by atoms with van der Waals surface area (Å²) in [5, 5.41) is 0. The van der Waals surface area contributed by atoms with Crippen molar-refractivity contribution in [3.05, 3.63) is 64.6 Å². The second-order valence-electron chi connectivity index (χ2n) is 6.48. The van der Waals surface area contributed by atoms with E-state index in [1.165, 1.54) is 16.7 Å². The quantitative estimate of drug-likeness (QED) is 0.670. The van der Waals surface area contributed by atoms with Gasteiger partial charge in [-0.05, 0) is 38.7 Å². The van der Waals surface area contributed by atoms with Gasteiger partial charge in [0.1, 0.15) is 0 Å². The fourth-order valence-electron chi connectivity index (χ4n) is 3.06. The molecule has 0 saturated heterocycles. The minimum atomic E-state index is -3.75. The smallest absolute Gasteiger partial charge is 0.408 e. The zero-order valence-corrected chi connectivity index (χ0v) is 16.4. The monoisotopic (exact) mass is 389 g/mol. The molecule has 0 saturated carbocycles. The Morgan fingerprint density at radius 3 is 2.48 bits per heavy atom. The normalized spacial score (nSPS) is 13.3. The van der Waals surface area contributed by atoms with E-state index in [1.807, 2.05) is 56.3 Å². The van der Waals surface area contributed by atoms with E-state index in [0.717, 1.165) is 5.56 Å². The molecule has 0 aliphatic carbocycles. The third-order valence-electron chi connectivity index (χ3n) is 4.54. The van der Waals surface area contributed by atoms with E-state index < -0.39 is 15.8 Å². The van der Waals surface area contributed by atoms with Crippen LogP contribution in [0.5, 0.6) is 0 Å². The lowest BCUT2D eigenvalue weighted by molar-refractivity contribution is 0.299. The highest BCUT2D eigenvalue weighted by molar-refractivity contribution is 7.89. The van der Waals surface area contributed by atoms with Gasteiger partial charge in [0.15, 0.2) is 5.58 Å². The number of aryl methyl sites for hydroxylation is 1. The van der Waals surface area contributed by atoms with Gasteiger partial charge in [0.25, 0.3) is 0 Å². The van der Waals surface area contributed by atoms with Gasteiger partial charge in [-0.15, -0.1) is 0 Å². The first kappa shape index (κ1) is 19.3. The Bertz CT molecular complexity index is 1090. The summed E-state index contributed by atoms with van der Waals surface area (Å²) in [4.78, 5) is 13.8. The predicted octanol–water partition coefficient (Wildman–Crippen LogP) is 2.20. The molecule has 27 heavy (non-hydrogen) atoms. The van der Waals surface area contributed by atoms with Crippen molar-refractivity contribution in [1.82, 2.24) is 14.2 Å². The number of rotatable bonds is 7. The molecule has 0 bridgehead atoms. The first-order valence-electron chi connectivity index (χ1n) is 8.68. The third-order valence-corrected chi connectivity index (χ3v) is 5.96. The van der Waals surface area contributed by atoms with Gasteiger partial charge in [0.2, 0.25) is 10.0 Å². The molecule has 1 unspecified atom stereocenters. The van der Waals surface area contributed by atoms with Crippen LogP contribution in [0.15, 0.2) is 62.6 Å². The van der Waals surface area contributed by atoms with Gasteiger partial charge in [-0.3, -0.25) is 4.57 Å². The molecule has 3 aromatic rings. The van der Waals surface area contributed by atoms with E-state index in [1.54, 1.807) is 6.07 Å². The summed E-state index contributed by atoms with van der Waals surface area (Å²) < 4.78 is 34.8. The number of aromatic nitrogens is 1. The third kappa shape index (κ3) is 3.97. The fraction of sp³-hybridized carbons (Fsp3) is 0.316. The zero-order valence-electron chi connectivity index (χ0n) is 15.5. The molecule has 0 aliphatic heterocycles. The van der Waals surface area contributed by atoms with Crippen LogP contribution in [0.2, 0.25) is 0 Å². The summed E-state index contributed by atoms with van der Waals surface area (Å²) in [6, 6.07) is 14.1. The SMILES string of the molecule is CCn1c(=O)oc2cc(S(=O)(=O)NCC(c3ccccc3)N(C)C)ccc21. The lowest BCUT2D eigenvalue weighted by Crippen LogP contribution is -2.34. The molecule has 1 aromatic heterocycles. The van der Waals surface area contributed by atoms with Gasteiger partial charge in [0, 0.05) is 25.2 Å². The molecular formula is C19H23N3O4S. The average Bonchev–Trinajstić information content (AvgIpc) is 2.96. The van der Waals surface area contributed by atoms with E-state index >= 15 is 0 Å². The number of fused-ring (bicyclic) bond motifs is 1. The minimum absolute atomic E-state index is 0.0672. The number of oxazole rings is 1. The van der Waals surface area contributed by atoms with Crippen LogP contribution in [0.3, 0.4) is 0 Å². The molecule has 0 aliphatic rings. The van der Waals surface area contributed by atoms with Crippen LogP contribution in [0, 0.1) is 0 Å². The Balaban J connectivity index is 1.86. The Hall–Kier alpha value is -2.42. The fourth-order valence-corrected chi connectivity index (χ4v) is 4.11. The van der Waals surface area contributed by atoms with Crippen molar-refractivity contribution >= 4 is 21.1 Å². The summed E-state index contributed by atoms with van der Waals surface area (Å²) in [7, 11) is 0.0592. The van der Waals surface area contributed by atoms with E-state index in [4.69, 9.17) is 4.42 Å². The second-order valence-corrected chi connectivity index (χ2v) is 8.25. The van der Waals surface area contributed by atoms with Gasteiger partial charge in [-0.25, -0.2) is 17.9 Å². The molecule has 8 heteroatoms. The summed E-state index contributed by atoms with van der Waals surface area (Å²) in [5.74, 6) is -0.494. The number of benzene rings is 2. The number of hydrogen-bond donors (Lipinski definition) is 1. The molecule has 2 aromatic carbocycles. The Morgan fingerprint density at radius 1 is 1.15 bits per heavy atom. The highest BCUT2D eigenvalue weighted by atomic mass is 32.2. The largest absolute Gasteiger partial charge is 0.419 e. The van der Waals surface area contributed by atoms with Crippen LogP contribution < -0.4 is 10.5 Å². The number of sulfonamides is 1. The second kappa shape index (κ2) is 7.67. The highest BCUT2D eigenvalue weighted by Gasteiger charge is 2.21. The summed E-state index contributed by atoms with van der Waals surface area (Å²) in [5.41, 5.74) is 1.86. The van der Waals surface area contributed by atoms with Crippen molar-refractivity contribution < 1.29 is 12.8 Å². The Morgan fingerprint density at radius 2 is 1.85 bits per heavy atom. The number of nitrogens with zero attached hydrogens (tertiary/aromatic N) is 2. The van der Waals surface area contributed by atoms with Crippen LogP contribution in [-0.2, 0) is 16.6 Å². The van der Waals surface area contributed by atoms with Crippen molar-refractivity contribution in [2.75, 3.05) is 20.6 Å². The Kier molecular flexibility index (Phi) is 5.50. The van der Waals surface area contributed by atoms with E-state index in [-0.39, 0.29) is 23.1 Å². The van der Waals surface area contributed by atoms with Crippen LogP contribution in [-0.4, -0.2) is 38.5 Å². The van der Waals surface area contributed by atoms with Crippen molar-refractivity contribution in [2.45, 2.75) is 24.4 Å². The molecule has 1 N–H and O–H groups in total. The lowest BCUT2D eigenvalue weighted by atomic mass is 10.1. The lowest BCUT2D eigenvalue weighted by Gasteiger charge is -2.25. The van der Waals surface area contributed by atoms with Gasteiger partial charge in [-0.1, -0.05) is 30.3 Å². The number of likely N-dealkylation sites (N-methyl/N-ethyl adjacent to an activating group) is 1. The molecule has 0 spiro atoms. The average molecular weight is 389 g/mol. The van der Waals surface area contributed by atoms with Crippen molar-refractivity contribution in [3.8, 4) is 0 Å². The van der Waals surface area contributed by atoms with Gasteiger partial charge < -0.3 is 9.32 Å². The first-order chi connectivity index (χ1) is 12.8. The summed E-state index contributed by atoms with van der Waals surface area (Å²) in [6.45, 7) is 2.50. The summed E-state index contributed by atoms with van der Waals surface area (Å²) in [6.07, 6.45) is 0. The van der Waals surface area contributed by atoms with Crippen LogP contribution in [0.25, 0.3) is 11.1 Å². The maximum Gasteiger partial charge on any atom is 0.419 e. The van der Waals surface area contributed by atoms with Gasteiger partial charge in [0.05, 0.1) is 10.4 Å². The maximum absolute atomic E-state index is 12.7. The van der Waals surface area contributed by atoms with Crippen molar-refractivity contribution in [3.63, 3.8) is 0 Å². The van der Waals surface area contributed by atoms with Crippen molar-refractivity contribution in [2.24, 2.45) is 0 Å². The van der Waals surface area contributed by atoms with Gasteiger partial charge >= 0.3 is 5.76 Å². The minimum Gasteiger partial charge on any atom is -0.408 e. The van der Waals surface area contributed by atoms with Crippen LogP contribution >= 0.6 is 0 Å². The maximum atomic E-state index is 12.7. The van der Waals surface area contributed by atoms with E-state index in [0.29, 0.717) is 12.1 Å². The topological polar surface area (TPSA) is 84.5 Å². The standard InChI is InChI=1S/C19H23N3O4S/c1-4-22-16-11-10-15(12-18(16)26-19(22)23)27(24,25)20-13-17(21(2)3)14-8-6-5-7-9-14/h5-12,17,20H,4,13H2,1-3H3. The molecule has 0 fully saturated rings. The zero-order chi connectivity index (χ0) is 19.6. The molecule has 3 rings (SSSR count). The molecule has 144 valence electrons. The number of nitrogens with one attached hydrogen (secondary N) is 1. The van der Waals surface area contributed by atoms with E-state index in [9.17, 15) is 13.2 Å². The molecule has 0 amide bonds. The Labute approximate surface area is 158 Å². The van der Waals surface area contributed by atoms with Crippen LogP contribution in [0.1, 0.15) is 18.5 Å². The van der Waals surface area contributed by atoms with E-state index in [2.05, 4.69) is 4.72 Å². The summed E-state index contributed by atoms with van der Waals surface area (Å²) >= 11 is 0. The van der Waals surface area contributed by atoms with Gasteiger partial charge in [-0.2, -0.15) is 0 Å². The number of hydrogen-bond acceptors (Lipinski definition) is 5.